The molecule has 0 unspecified atom stereocenters. The molecule has 2 rings (SSSR count). The van der Waals surface area contributed by atoms with Gasteiger partial charge in [0.1, 0.15) is 0 Å². The number of fused-ring (bicyclic) bond motifs is 1. The smallest absolute Gasteiger partial charge is 0.351 e. The first-order valence-corrected chi connectivity index (χ1v) is 4.58. The Morgan fingerprint density at radius 1 is 1.38 bits per heavy atom. The van der Waals surface area contributed by atoms with Crippen molar-refractivity contribution in [3.8, 4) is 0 Å². The van der Waals surface area contributed by atoms with Crippen molar-refractivity contribution in [2.75, 3.05) is 4.90 Å². The van der Waals surface area contributed by atoms with E-state index in [1.54, 1.807) is 0 Å². The van der Waals surface area contributed by atoms with Gasteiger partial charge in [0.2, 0.25) is 0 Å². The number of urea groups is 2. The summed E-state index contributed by atoms with van der Waals surface area (Å²) in [5.41, 5.74) is 5.08. The lowest BCUT2D eigenvalue weighted by Gasteiger charge is -2.24. The molecule has 1 aromatic carbocycles. The van der Waals surface area contributed by atoms with Crippen LogP contribution in [0.5, 0.6) is 0 Å². The lowest BCUT2D eigenvalue weighted by Crippen LogP contribution is -2.49. The summed E-state index contributed by atoms with van der Waals surface area (Å²) in [5.74, 6) is -0.775. The minimum Gasteiger partial charge on any atom is -0.351 e. The van der Waals surface area contributed by atoms with E-state index < -0.39 is 18.0 Å². The molecule has 0 atom stereocenters. The van der Waals surface area contributed by atoms with Gasteiger partial charge < -0.3 is 5.73 Å². The lowest BCUT2D eigenvalue weighted by atomic mass is 10.1. The number of nitrogens with zero attached hydrogens (tertiary/aromatic N) is 2. The van der Waals surface area contributed by atoms with Crippen LogP contribution in [0.1, 0.15) is 10.4 Å². The summed E-state index contributed by atoms with van der Waals surface area (Å²) in [6.07, 6.45) is 0. The highest BCUT2D eigenvalue weighted by molar-refractivity contribution is 6.37. The van der Waals surface area contributed by atoms with Crippen molar-refractivity contribution < 1.29 is 14.4 Å². The van der Waals surface area contributed by atoms with Crippen LogP contribution < -0.4 is 16.0 Å². The summed E-state index contributed by atoms with van der Waals surface area (Å²) < 4.78 is 0. The Morgan fingerprint density at radius 2 is 2.06 bits per heavy atom. The molecule has 1 radical (unpaired) electrons. The number of carbonyl (C=O) groups excluding carboxylic acids is 3. The topological polar surface area (TPSA) is 94.6 Å². The van der Waals surface area contributed by atoms with E-state index >= 15 is 0 Å². The Labute approximate surface area is 95.0 Å². The van der Waals surface area contributed by atoms with Crippen molar-refractivity contribution >= 4 is 35.3 Å². The average molecular weight is 239 g/mol. The SMILES string of the molecule is NC(=O)N1C(=O)[N]C(=O)c2c(Cl)cccc21. The number of amides is 5. The molecule has 0 aliphatic carbocycles. The number of hydrogen-bond donors (Lipinski definition) is 1. The highest BCUT2D eigenvalue weighted by Crippen LogP contribution is 2.30. The number of anilines is 1. The van der Waals surface area contributed by atoms with E-state index in [4.69, 9.17) is 17.3 Å². The van der Waals surface area contributed by atoms with E-state index in [1.165, 1.54) is 18.2 Å². The van der Waals surface area contributed by atoms with E-state index in [0.717, 1.165) is 0 Å². The third-order valence-electron chi connectivity index (χ3n) is 2.06. The molecule has 0 saturated heterocycles. The van der Waals surface area contributed by atoms with Crippen molar-refractivity contribution in [2.24, 2.45) is 5.73 Å². The van der Waals surface area contributed by atoms with Crippen LogP contribution in [0.25, 0.3) is 0 Å². The fourth-order valence-electron chi connectivity index (χ4n) is 1.42. The zero-order chi connectivity index (χ0) is 11.9. The first-order chi connectivity index (χ1) is 7.52. The Bertz CT molecular complexity index is 515. The van der Waals surface area contributed by atoms with Crippen molar-refractivity contribution in [3.63, 3.8) is 0 Å². The highest BCUT2D eigenvalue weighted by Gasteiger charge is 2.35. The number of benzene rings is 1. The second-order valence-electron chi connectivity index (χ2n) is 3.01. The number of carbonyl (C=O) groups is 3. The van der Waals surface area contributed by atoms with Gasteiger partial charge >= 0.3 is 12.1 Å². The van der Waals surface area contributed by atoms with Crippen LogP contribution in [0.3, 0.4) is 0 Å². The monoisotopic (exact) mass is 238 g/mol. The Hall–Kier alpha value is -2.08. The minimum atomic E-state index is -1.01. The van der Waals surface area contributed by atoms with E-state index in [-0.39, 0.29) is 16.3 Å². The number of halogens is 1. The zero-order valence-electron chi connectivity index (χ0n) is 7.81. The van der Waals surface area contributed by atoms with Gasteiger partial charge in [0, 0.05) is 0 Å². The fraction of sp³-hybridized carbons (Fsp3) is 0. The average Bonchev–Trinajstić information content (AvgIpc) is 2.15. The third kappa shape index (κ3) is 1.40. The van der Waals surface area contributed by atoms with Crippen molar-refractivity contribution in [1.29, 1.82) is 0 Å². The quantitative estimate of drug-likeness (QED) is 0.733. The highest BCUT2D eigenvalue weighted by atomic mass is 35.5. The third-order valence-corrected chi connectivity index (χ3v) is 2.37. The Morgan fingerprint density at radius 3 is 2.69 bits per heavy atom. The number of rotatable bonds is 0. The van der Waals surface area contributed by atoms with Crippen molar-refractivity contribution in [1.82, 2.24) is 5.32 Å². The van der Waals surface area contributed by atoms with Gasteiger partial charge in [-0.25, -0.2) is 14.5 Å². The molecule has 0 fully saturated rings. The molecular weight excluding hydrogens is 234 g/mol. The molecule has 16 heavy (non-hydrogen) atoms. The molecule has 0 saturated carbocycles. The van der Waals surface area contributed by atoms with Crippen molar-refractivity contribution in [3.05, 3.63) is 28.8 Å². The molecule has 1 aromatic rings. The van der Waals surface area contributed by atoms with Crippen LogP contribution in [0.4, 0.5) is 15.3 Å². The van der Waals surface area contributed by atoms with Gasteiger partial charge in [0.15, 0.2) is 0 Å². The molecular formula is C9H5ClN3O3. The standard InChI is InChI=1S/C9H5ClN3O3/c10-4-2-1-3-5-6(4)7(14)12-9(16)13(5)8(11)15/h1-3H,(H2,11,15). The van der Waals surface area contributed by atoms with Gasteiger partial charge in [0.25, 0.3) is 5.91 Å². The van der Waals surface area contributed by atoms with Gasteiger partial charge in [0.05, 0.1) is 16.3 Å². The van der Waals surface area contributed by atoms with Crippen LogP contribution in [0.2, 0.25) is 5.02 Å². The largest absolute Gasteiger partial charge is 0.359 e. The maximum Gasteiger partial charge on any atom is 0.359 e. The number of imide groups is 2. The van der Waals surface area contributed by atoms with Crippen LogP contribution in [0, 0.1) is 0 Å². The normalized spacial score (nSPS) is 14.4. The van der Waals surface area contributed by atoms with Crippen LogP contribution >= 0.6 is 11.6 Å². The summed E-state index contributed by atoms with van der Waals surface area (Å²) in [5, 5.41) is 3.27. The van der Waals surface area contributed by atoms with Gasteiger partial charge in [-0.05, 0) is 12.1 Å². The number of hydrogen-bond acceptors (Lipinski definition) is 3. The molecule has 1 heterocycles. The lowest BCUT2D eigenvalue weighted by molar-refractivity contribution is 0.0958. The second-order valence-corrected chi connectivity index (χ2v) is 3.41. The summed E-state index contributed by atoms with van der Waals surface area (Å²) in [4.78, 5) is 34.4. The molecule has 2 N–H and O–H groups in total. The maximum atomic E-state index is 11.4. The summed E-state index contributed by atoms with van der Waals surface area (Å²) in [7, 11) is 0. The van der Waals surface area contributed by atoms with Crippen LogP contribution in [0.15, 0.2) is 18.2 Å². The molecule has 81 valence electrons. The van der Waals surface area contributed by atoms with Gasteiger partial charge in [-0.1, -0.05) is 17.7 Å². The van der Waals surface area contributed by atoms with E-state index in [2.05, 4.69) is 5.32 Å². The van der Waals surface area contributed by atoms with Gasteiger partial charge in [-0.15, -0.1) is 0 Å². The van der Waals surface area contributed by atoms with E-state index in [0.29, 0.717) is 4.90 Å². The van der Waals surface area contributed by atoms with E-state index in [9.17, 15) is 14.4 Å². The summed E-state index contributed by atoms with van der Waals surface area (Å²) in [6, 6.07) is 2.35. The predicted octanol–water partition coefficient (Wildman–Crippen LogP) is 1.10. The molecule has 0 aromatic heterocycles. The number of nitrogens with two attached hydrogens (primary N) is 1. The van der Waals surface area contributed by atoms with Crippen LogP contribution in [-0.4, -0.2) is 18.0 Å². The fourth-order valence-corrected chi connectivity index (χ4v) is 1.67. The minimum absolute atomic E-state index is 0.00238. The Balaban J connectivity index is 2.68. The van der Waals surface area contributed by atoms with Crippen molar-refractivity contribution in [2.45, 2.75) is 0 Å². The Kier molecular flexibility index (Phi) is 2.28. The van der Waals surface area contributed by atoms with Gasteiger partial charge in [-0.2, -0.15) is 5.32 Å². The molecule has 0 spiro atoms. The summed E-state index contributed by atoms with van der Waals surface area (Å²) in [6.45, 7) is 0. The van der Waals surface area contributed by atoms with E-state index in [1.807, 2.05) is 0 Å². The molecule has 5 amide bonds. The molecule has 1 aliphatic rings. The molecule has 1 aliphatic heterocycles. The summed E-state index contributed by atoms with van der Waals surface area (Å²) >= 11 is 5.78. The first-order valence-electron chi connectivity index (χ1n) is 4.20. The maximum absolute atomic E-state index is 11.4. The molecule has 7 heteroatoms. The first kappa shape index (κ1) is 10.4. The zero-order valence-corrected chi connectivity index (χ0v) is 8.56. The van der Waals surface area contributed by atoms with Crippen LogP contribution in [-0.2, 0) is 0 Å². The number of primary amides is 1. The molecule has 6 nitrogen and oxygen atoms in total. The molecule has 0 bridgehead atoms. The van der Waals surface area contributed by atoms with Gasteiger partial charge in [-0.3, -0.25) is 4.79 Å². The predicted molar refractivity (Wildman–Crippen MR) is 55.4 cm³/mol. The second kappa shape index (κ2) is 3.49.